The summed E-state index contributed by atoms with van der Waals surface area (Å²) in [4.78, 5) is 122. The number of nitrogens with one attached hydrogen (secondary N) is 6. The Kier molecular flexibility index (Phi) is 22.5. The van der Waals surface area contributed by atoms with E-state index in [0.29, 0.717) is 30.4 Å². The Labute approximate surface area is 391 Å². The van der Waals surface area contributed by atoms with E-state index in [0.717, 1.165) is 11.8 Å². The Morgan fingerprint density at radius 3 is 1.40 bits per heavy atom. The van der Waals surface area contributed by atoms with E-state index in [1.54, 1.807) is 0 Å². The van der Waals surface area contributed by atoms with Gasteiger partial charge in [0.05, 0.1) is 19.8 Å². The van der Waals surface area contributed by atoms with Gasteiger partial charge in [0.25, 0.3) is 11.8 Å². The van der Waals surface area contributed by atoms with Gasteiger partial charge < -0.3 is 68.9 Å². The number of aromatic hydroxyl groups is 2. The minimum atomic E-state index is -1.80. The number of nitrogens with zero attached hydrogens (tertiary/aromatic N) is 2. The number of imide groups is 1. The number of Topliss-reactive ketones (excluding diaryl/α,β-unsaturated/α-hetero) is 1. The van der Waals surface area contributed by atoms with Gasteiger partial charge in [-0.05, 0) is 68.0 Å². The molecule has 24 heteroatoms. The quantitative estimate of drug-likeness (QED) is 0.0160. The molecule has 15 N–H and O–H groups in total. The van der Waals surface area contributed by atoms with Gasteiger partial charge in [-0.3, -0.25) is 53.0 Å². The second-order valence-corrected chi connectivity index (χ2v) is 15.7. The number of ketones is 1. The SMILES string of the molecule is CC(=O)C(CO)NC(=O)C(Cc1ccc(O)cc1)NC(=O)C(Cc1ccc(O)cc1)NC(=O)C(CO)NC(=O)C(CO)NC(=O)C(CCCN=C(N)N)NC(=O)CCCCCN1C(=O)C=CC1=O. The van der Waals surface area contributed by atoms with Gasteiger partial charge in [0.1, 0.15) is 47.8 Å². The average molecular weight is 953 g/mol. The summed E-state index contributed by atoms with van der Waals surface area (Å²) in [6.45, 7) is -1.43. The van der Waals surface area contributed by atoms with Crippen LogP contribution in [0.3, 0.4) is 0 Å². The number of carbonyl (C=O) groups excluding carboxylic acids is 9. The number of nitrogens with two attached hydrogens (primary N) is 2. The van der Waals surface area contributed by atoms with Crippen molar-refractivity contribution in [3.8, 4) is 11.5 Å². The van der Waals surface area contributed by atoms with Crippen molar-refractivity contribution in [2.24, 2.45) is 16.5 Å². The van der Waals surface area contributed by atoms with Crippen molar-refractivity contribution in [2.75, 3.05) is 32.9 Å². The molecule has 2 aromatic rings. The van der Waals surface area contributed by atoms with Crippen LogP contribution in [0, 0.1) is 0 Å². The van der Waals surface area contributed by atoms with Gasteiger partial charge in [-0.25, -0.2) is 0 Å². The molecule has 6 atom stereocenters. The minimum Gasteiger partial charge on any atom is -0.508 e. The molecule has 0 saturated carbocycles. The number of amides is 8. The van der Waals surface area contributed by atoms with Crippen molar-refractivity contribution in [1.29, 1.82) is 0 Å². The molecule has 3 rings (SSSR count). The van der Waals surface area contributed by atoms with E-state index in [1.807, 2.05) is 0 Å². The number of hydrogen-bond acceptors (Lipinski definition) is 15. The Bertz CT molecular complexity index is 2130. The number of aliphatic imine (C=N–C) groups is 1. The molecule has 6 unspecified atom stereocenters. The van der Waals surface area contributed by atoms with Crippen LogP contribution in [0.1, 0.15) is 56.6 Å². The summed E-state index contributed by atoms with van der Waals surface area (Å²) >= 11 is 0. The van der Waals surface area contributed by atoms with E-state index in [1.165, 1.54) is 60.7 Å². The van der Waals surface area contributed by atoms with Crippen molar-refractivity contribution in [3.05, 3.63) is 71.8 Å². The zero-order chi connectivity index (χ0) is 50.3. The average Bonchev–Trinajstić information content (AvgIpc) is 3.62. The summed E-state index contributed by atoms with van der Waals surface area (Å²) in [6.07, 6.45) is 3.23. The first-order chi connectivity index (χ1) is 32.3. The maximum Gasteiger partial charge on any atom is 0.253 e. The summed E-state index contributed by atoms with van der Waals surface area (Å²) in [5.41, 5.74) is 11.6. The minimum absolute atomic E-state index is 0.0251. The zero-order valence-electron chi connectivity index (χ0n) is 37.4. The van der Waals surface area contributed by atoms with Crippen LogP contribution in [-0.4, -0.2) is 159 Å². The van der Waals surface area contributed by atoms with Crippen LogP contribution in [0.15, 0.2) is 65.7 Å². The van der Waals surface area contributed by atoms with Gasteiger partial charge in [0, 0.05) is 44.5 Å². The maximum absolute atomic E-state index is 14.0. The maximum atomic E-state index is 14.0. The smallest absolute Gasteiger partial charge is 0.253 e. The van der Waals surface area contributed by atoms with Crippen molar-refractivity contribution in [2.45, 2.75) is 94.5 Å². The Morgan fingerprint density at radius 2 is 0.971 bits per heavy atom. The molecule has 0 fully saturated rings. The molecule has 1 heterocycles. The van der Waals surface area contributed by atoms with Crippen LogP contribution in [-0.2, 0) is 56.0 Å². The first-order valence-electron chi connectivity index (χ1n) is 21.6. The van der Waals surface area contributed by atoms with Crippen LogP contribution in [0.2, 0.25) is 0 Å². The normalized spacial score (nSPS) is 14.6. The van der Waals surface area contributed by atoms with Gasteiger partial charge in [0.15, 0.2) is 11.7 Å². The van der Waals surface area contributed by atoms with Gasteiger partial charge in [-0.15, -0.1) is 0 Å². The molecule has 1 aliphatic rings. The molecular weight excluding hydrogens is 893 g/mol. The van der Waals surface area contributed by atoms with Gasteiger partial charge in [-0.1, -0.05) is 30.7 Å². The van der Waals surface area contributed by atoms with Crippen molar-refractivity contribution in [3.63, 3.8) is 0 Å². The van der Waals surface area contributed by atoms with E-state index < -0.39 is 109 Å². The van der Waals surface area contributed by atoms with Gasteiger partial charge in [0.2, 0.25) is 35.4 Å². The second-order valence-electron chi connectivity index (χ2n) is 15.7. The molecule has 2 aromatic carbocycles. The number of benzene rings is 2. The van der Waals surface area contributed by atoms with Gasteiger partial charge >= 0.3 is 0 Å². The lowest BCUT2D eigenvalue weighted by Crippen LogP contribution is -2.61. The lowest BCUT2D eigenvalue weighted by molar-refractivity contribution is -0.137. The Morgan fingerprint density at radius 1 is 0.559 bits per heavy atom. The van der Waals surface area contributed by atoms with Gasteiger partial charge in [-0.2, -0.15) is 0 Å². The van der Waals surface area contributed by atoms with E-state index >= 15 is 0 Å². The summed E-state index contributed by atoms with van der Waals surface area (Å²) in [6, 6.07) is 2.07. The van der Waals surface area contributed by atoms with Crippen molar-refractivity contribution in [1.82, 2.24) is 36.8 Å². The Balaban J connectivity index is 1.74. The van der Waals surface area contributed by atoms with E-state index in [-0.39, 0.29) is 62.7 Å². The predicted molar refractivity (Wildman–Crippen MR) is 241 cm³/mol. The molecule has 0 spiro atoms. The first kappa shape index (κ1) is 54.9. The number of aliphatic hydroxyl groups excluding tert-OH is 3. The third kappa shape index (κ3) is 18.4. The fraction of sp³-hybridized carbons (Fsp3) is 0.455. The second kappa shape index (κ2) is 27.9. The molecule has 0 saturated heterocycles. The fourth-order valence-electron chi connectivity index (χ4n) is 6.60. The molecule has 1 aliphatic heterocycles. The van der Waals surface area contributed by atoms with Crippen LogP contribution in [0.5, 0.6) is 11.5 Å². The highest BCUT2D eigenvalue weighted by Gasteiger charge is 2.33. The monoisotopic (exact) mass is 952 g/mol. The summed E-state index contributed by atoms with van der Waals surface area (Å²) in [7, 11) is 0. The molecule has 68 heavy (non-hydrogen) atoms. The van der Waals surface area contributed by atoms with Crippen LogP contribution in [0.4, 0.5) is 0 Å². The van der Waals surface area contributed by atoms with Crippen LogP contribution in [0.25, 0.3) is 0 Å². The van der Waals surface area contributed by atoms with Crippen molar-refractivity contribution >= 4 is 59.0 Å². The molecule has 0 radical (unpaired) electrons. The number of rotatable bonds is 29. The topological polar surface area (TPSA) is 395 Å². The molecule has 0 aliphatic carbocycles. The summed E-state index contributed by atoms with van der Waals surface area (Å²) in [5.74, 6) is -7.42. The molecule has 24 nitrogen and oxygen atoms in total. The summed E-state index contributed by atoms with van der Waals surface area (Å²) in [5, 5.41) is 64.1. The number of phenolic OH excluding ortho intramolecular Hbond substituents is 2. The third-order valence-electron chi connectivity index (χ3n) is 10.4. The Hall–Kier alpha value is -7.44. The highest BCUT2D eigenvalue weighted by Crippen LogP contribution is 2.15. The predicted octanol–water partition coefficient (Wildman–Crippen LogP) is -4.10. The standard InChI is InChI=1S/C44H60N10O14/c1-25(58)33(22-55)51-41(66)32(21-27-10-14-29(60)15-11-27)49-40(65)31(20-26-8-12-28(59)13-9-26)50-42(67)34(23-56)53-43(68)35(24-57)52-39(64)30(6-5-18-47-44(45)46)48-36(61)7-3-2-4-19-54-37(62)16-17-38(54)63/h8-17,30-35,55-57,59-60H,2-7,18-24H2,1H3,(H,48,61)(H,49,65)(H,50,67)(H,51,66)(H,52,64)(H,53,68)(H4,45,46,47). The molecule has 0 bridgehead atoms. The third-order valence-corrected chi connectivity index (χ3v) is 10.4. The zero-order valence-corrected chi connectivity index (χ0v) is 37.4. The summed E-state index contributed by atoms with van der Waals surface area (Å²) < 4.78 is 0. The lowest BCUT2D eigenvalue weighted by Gasteiger charge is -2.27. The van der Waals surface area contributed by atoms with E-state index in [4.69, 9.17) is 11.5 Å². The number of hydrogen-bond donors (Lipinski definition) is 13. The number of phenols is 2. The number of guanidine groups is 1. The van der Waals surface area contributed by atoms with E-state index in [9.17, 15) is 68.7 Å². The van der Waals surface area contributed by atoms with Crippen LogP contribution >= 0.6 is 0 Å². The van der Waals surface area contributed by atoms with Crippen molar-refractivity contribution < 1.29 is 68.7 Å². The number of unbranched alkanes of at least 4 members (excludes halogenated alkanes) is 2. The van der Waals surface area contributed by atoms with Crippen LogP contribution < -0.4 is 43.4 Å². The molecule has 8 amide bonds. The highest BCUT2D eigenvalue weighted by atomic mass is 16.3. The fourth-order valence-corrected chi connectivity index (χ4v) is 6.60. The molecule has 370 valence electrons. The largest absolute Gasteiger partial charge is 0.508 e. The molecular formula is C44H60N10O14. The lowest BCUT2D eigenvalue weighted by atomic mass is 10.0. The number of carbonyl (C=O) groups is 9. The van der Waals surface area contributed by atoms with E-state index in [2.05, 4.69) is 36.9 Å². The molecule has 0 aromatic heterocycles. The highest BCUT2D eigenvalue weighted by molar-refractivity contribution is 6.12. The number of aliphatic hydroxyl groups is 3. The first-order valence-corrected chi connectivity index (χ1v) is 21.6.